The van der Waals surface area contributed by atoms with Gasteiger partial charge in [0.15, 0.2) is 0 Å². The van der Waals surface area contributed by atoms with Crippen LogP contribution in [0, 0.1) is 0 Å². The molecule has 1 aliphatic carbocycles. The number of benzene rings is 1. The summed E-state index contributed by atoms with van der Waals surface area (Å²) in [5, 5.41) is 14.7. The van der Waals surface area contributed by atoms with Gasteiger partial charge in [0, 0.05) is 17.8 Å². The van der Waals surface area contributed by atoms with Crippen LogP contribution in [-0.2, 0) is 0 Å². The lowest BCUT2D eigenvalue weighted by Gasteiger charge is -2.22. The zero-order valence-electron chi connectivity index (χ0n) is 20.3. The molecular weight excluding hydrogens is 426 g/mol. The summed E-state index contributed by atoms with van der Waals surface area (Å²) < 4.78 is 6.00. The molecule has 0 saturated heterocycles. The molecule has 0 spiro atoms. The number of aliphatic hydroxyl groups is 1. The number of fused-ring (bicyclic) bond motifs is 1. The molecule has 2 aliphatic rings. The molecule has 5 rings (SSSR count). The Morgan fingerprint density at radius 1 is 0.912 bits per heavy atom. The van der Waals surface area contributed by atoms with E-state index >= 15 is 0 Å². The first-order valence-electron chi connectivity index (χ1n) is 12.0. The number of para-hydroxylation sites is 2. The van der Waals surface area contributed by atoms with E-state index in [2.05, 4.69) is 32.2 Å². The van der Waals surface area contributed by atoms with E-state index in [0.717, 1.165) is 41.2 Å². The fourth-order valence-corrected chi connectivity index (χ4v) is 3.82. The summed E-state index contributed by atoms with van der Waals surface area (Å²) in [5.74, 6) is 0.859. The maximum Gasteiger partial charge on any atom is 0.213 e. The van der Waals surface area contributed by atoms with Gasteiger partial charge in [-0.2, -0.15) is 0 Å². The number of nitrogens with one attached hydrogen (secondary N) is 2. The Bertz CT molecular complexity index is 1000. The topological polar surface area (TPSA) is 92.2 Å². The van der Waals surface area contributed by atoms with Crippen molar-refractivity contribution in [2.45, 2.75) is 65.1 Å². The van der Waals surface area contributed by atoms with Crippen molar-refractivity contribution >= 4 is 11.4 Å². The summed E-state index contributed by atoms with van der Waals surface area (Å²) in [7, 11) is 0. The summed E-state index contributed by atoms with van der Waals surface area (Å²) in [6.45, 7) is 8.64. The molecule has 1 saturated carbocycles. The number of anilines is 2. The molecule has 0 atom stereocenters. The predicted molar refractivity (Wildman–Crippen MR) is 138 cm³/mol. The summed E-state index contributed by atoms with van der Waals surface area (Å²) in [6, 6.07) is 12.0. The van der Waals surface area contributed by atoms with Crippen molar-refractivity contribution in [2.24, 2.45) is 0 Å². The second kappa shape index (κ2) is 12.6. The van der Waals surface area contributed by atoms with Crippen LogP contribution in [0.25, 0.3) is 11.3 Å². The highest BCUT2D eigenvalue weighted by Gasteiger charge is 2.22. The van der Waals surface area contributed by atoms with Gasteiger partial charge >= 0.3 is 0 Å². The summed E-state index contributed by atoms with van der Waals surface area (Å²) in [5.41, 5.74) is 4.75. The van der Waals surface area contributed by atoms with Crippen molar-refractivity contribution in [1.82, 2.24) is 15.0 Å². The number of allylic oxidation sites excluding steroid dienone is 1. The predicted octanol–water partition coefficient (Wildman–Crippen LogP) is 6.89. The van der Waals surface area contributed by atoms with Crippen molar-refractivity contribution in [2.75, 3.05) is 10.6 Å². The number of nitrogens with zero attached hydrogens (tertiary/aromatic N) is 3. The molecule has 2 aromatic heterocycles. The molecule has 0 radical (unpaired) electrons. The number of aliphatic hydroxyl groups excluding tert-OH is 1. The van der Waals surface area contributed by atoms with E-state index < -0.39 is 0 Å². The molecule has 1 aliphatic heterocycles. The van der Waals surface area contributed by atoms with Gasteiger partial charge in [0.05, 0.1) is 35.2 Å². The normalized spacial score (nSPS) is 14.8. The third-order valence-corrected chi connectivity index (χ3v) is 5.37. The number of hydrogen-bond acceptors (Lipinski definition) is 7. The van der Waals surface area contributed by atoms with E-state index in [9.17, 15) is 0 Å². The fraction of sp³-hybridized carbons (Fsp3) is 0.370. The van der Waals surface area contributed by atoms with Crippen LogP contribution >= 0.6 is 0 Å². The first-order chi connectivity index (χ1) is 16.6. The number of ether oxygens (including phenoxy) is 1. The molecule has 7 nitrogen and oxygen atoms in total. The zero-order chi connectivity index (χ0) is 24.3. The van der Waals surface area contributed by atoms with Crippen LogP contribution in [0.15, 0.2) is 67.3 Å². The number of hydrogen-bond donors (Lipinski definition) is 3. The maximum absolute atomic E-state index is 7.86. The smallest absolute Gasteiger partial charge is 0.213 e. The largest absolute Gasteiger partial charge is 0.513 e. The Labute approximate surface area is 202 Å². The molecule has 3 heterocycles. The molecule has 3 N–H and O–H groups in total. The van der Waals surface area contributed by atoms with Gasteiger partial charge in [0.2, 0.25) is 5.88 Å². The van der Waals surface area contributed by atoms with Gasteiger partial charge < -0.3 is 20.5 Å². The number of rotatable bonds is 4. The van der Waals surface area contributed by atoms with Crippen LogP contribution in [0.2, 0.25) is 0 Å². The summed E-state index contributed by atoms with van der Waals surface area (Å²) in [4.78, 5) is 13.6. The van der Waals surface area contributed by atoms with Gasteiger partial charge in [0.1, 0.15) is 18.0 Å². The molecule has 0 bridgehead atoms. The molecule has 7 heteroatoms. The maximum atomic E-state index is 7.86. The van der Waals surface area contributed by atoms with E-state index in [0.29, 0.717) is 12.0 Å². The fourth-order valence-electron chi connectivity index (χ4n) is 3.82. The first-order valence-corrected chi connectivity index (χ1v) is 12.0. The van der Waals surface area contributed by atoms with E-state index in [1.54, 1.807) is 12.4 Å². The van der Waals surface area contributed by atoms with Gasteiger partial charge in [-0.25, -0.2) is 4.98 Å². The lowest BCUT2D eigenvalue weighted by atomic mass is 9.98. The van der Waals surface area contributed by atoms with Crippen molar-refractivity contribution < 1.29 is 9.84 Å². The number of pyridine rings is 1. The quantitative estimate of drug-likeness (QED) is 0.364. The van der Waals surface area contributed by atoms with E-state index in [1.165, 1.54) is 26.2 Å². The highest BCUT2D eigenvalue weighted by Crippen LogP contribution is 2.34. The number of aromatic nitrogens is 3. The summed E-state index contributed by atoms with van der Waals surface area (Å²) in [6.07, 6.45) is 11.7. The molecule has 1 fully saturated rings. The standard InChI is InChI=1S/C22H23N5O.C3H6O.C2H6/c1-2-6-16(7-3-1)28-21-11-10-15(12-25-21)19-13-24-20(14-23-19)22-26-17-8-4-5-9-18(17)27-22;1-3(2)4;1-2/h4-5,8-14,16,22,26-27H,1-3,6-7H2;4H,1H2,2H3;1-2H3. The lowest BCUT2D eigenvalue weighted by molar-refractivity contribution is 0.148. The highest BCUT2D eigenvalue weighted by atomic mass is 16.5. The monoisotopic (exact) mass is 461 g/mol. The minimum Gasteiger partial charge on any atom is -0.513 e. The van der Waals surface area contributed by atoms with E-state index in [-0.39, 0.29) is 11.9 Å². The van der Waals surface area contributed by atoms with Crippen LogP contribution < -0.4 is 15.4 Å². The highest BCUT2D eigenvalue weighted by molar-refractivity contribution is 5.74. The molecule has 34 heavy (non-hydrogen) atoms. The van der Waals surface area contributed by atoms with Gasteiger partial charge in [-0.1, -0.05) is 39.0 Å². The van der Waals surface area contributed by atoms with Crippen LogP contribution in [0.3, 0.4) is 0 Å². The Morgan fingerprint density at radius 2 is 1.56 bits per heavy atom. The first kappa shape index (κ1) is 25.0. The van der Waals surface area contributed by atoms with Crippen molar-refractivity contribution in [1.29, 1.82) is 0 Å². The summed E-state index contributed by atoms with van der Waals surface area (Å²) >= 11 is 0. The van der Waals surface area contributed by atoms with Gasteiger partial charge in [0.25, 0.3) is 0 Å². The molecule has 0 amide bonds. The minimum absolute atomic E-state index is 0.0663. The molecule has 0 unspecified atom stereocenters. The second-order valence-electron chi connectivity index (χ2n) is 8.09. The van der Waals surface area contributed by atoms with Gasteiger partial charge in [-0.15, -0.1) is 0 Å². The second-order valence-corrected chi connectivity index (χ2v) is 8.09. The molecule has 3 aromatic rings. The van der Waals surface area contributed by atoms with Crippen LogP contribution in [0.4, 0.5) is 11.4 Å². The van der Waals surface area contributed by atoms with Crippen LogP contribution in [0.1, 0.15) is 64.7 Å². The van der Waals surface area contributed by atoms with E-state index in [4.69, 9.17) is 9.84 Å². The van der Waals surface area contributed by atoms with E-state index in [1.807, 2.05) is 56.4 Å². The van der Waals surface area contributed by atoms with Crippen molar-refractivity contribution in [3.05, 3.63) is 73.0 Å². The molecule has 1 aromatic carbocycles. The average Bonchev–Trinajstić information content (AvgIpc) is 3.31. The molecule has 180 valence electrons. The zero-order valence-corrected chi connectivity index (χ0v) is 20.3. The minimum atomic E-state index is -0.0663. The third-order valence-electron chi connectivity index (χ3n) is 5.37. The Kier molecular flexibility index (Phi) is 9.26. The Hall–Kier alpha value is -3.61. The third kappa shape index (κ3) is 6.94. The van der Waals surface area contributed by atoms with Crippen LogP contribution in [0.5, 0.6) is 5.88 Å². The Morgan fingerprint density at radius 3 is 2.09 bits per heavy atom. The van der Waals surface area contributed by atoms with Crippen LogP contribution in [-0.4, -0.2) is 26.2 Å². The van der Waals surface area contributed by atoms with Gasteiger partial charge in [-0.3, -0.25) is 9.97 Å². The molecular formula is C27H35N5O2. The van der Waals surface area contributed by atoms with Crippen molar-refractivity contribution in [3.63, 3.8) is 0 Å². The van der Waals surface area contributed by atoms with Crippen molar-refractivity contribution in [3.8, 4) is 17.1 Å². The lowest BCUT2D eigenvalue weighted by Crippen LogP contribution is -2.20. The average molecular weight is 462 g/mol. The Balaban J connectivity index is 0.000000492. The SMILES string of the molecule is C=C(C)O.CC.c1ccc2c(c1)NC(c1cnc(-c3ccc(OC4CCCCC4)nc3)cn1)N2. The van der Waals surface area contributed by atoms with Gasteiger partial charge in [-0.05, 0) is 50.8 Å².